The van der Waals surface area contributed by atoms with Crippen LogP contribution in [0, 0.1) is 25.5 Å². The highest BCUT2D eigenvalue weighted by Gasteiger charge is 2.23. The normalized spacial score (nSPS) is 11.7. The Morgan fingerprint density at radius 2 is 1.96 bits per heavy atom. The molecular weight excluding hydrogens is 360 g/mol. The molecular formula is C14H11F2N3O3S2. The van der Waals surface area contributed by atoms with E-state index in [1.165, 1.54) is 6.07 Å². The molecule has 0 bridgehead atoms. The minimum absolute atomic E-state index is 0.0615. The third-order valence-electron chi connectivity index (χ3n) is 3.08. The number of anilines is 1. The first-order chi connectivity index (χ1) is 11.3. The van der Waals surface area contributed by atoms with Crippen molar-refractivity contribution < 1.29 is 21.7 Å². The summed E-state index contributed by atoms with van der Waals surface area (Å²) in [5.74, 6) is -1.01. The molecule has 0 saturated carbocycles. The van der Waals surface area contributed by atoms with E-state index in [4.69, 9.17) is 4.52 Å². The Morgan fingerprint density at radius 3 is 2.62 bits per heavy atom. The number of rotatable bonds is 4. The number of nitrogens with one attached hydrogen (secondary N) is 1. The lowest BCUT2D eigenvalue weighted by atomic mass is 10.3. The van der Waals surface area contributed by atoms with Gasteiger partial charge in [-0.1, -0.05) is 5.16 Å². The molecule has 1 aromatic carbocycles. The highest BCUT2D eigenvalue weighted by molar-refractivity contribution is 7.93. The van der Waals surface area contributed by atoms with Crippen LogP contribution in [0.15, 0.2) is 33.7 Å². The topological polar surface area (TPSA) is 85.1 Å². The second-order valence-corrected chi connectivity index (χ2v) is 7.80. The molecule has 3 aromatic rings. The van der Waals surface area contributed by atoms with E-state index >= 15 is 0 Å². The number of halogens is 2. The van der Waals surface area contributed by atoms with Crippen LogP contribution in [0.4, 0.5) is 14.5 Å². The maximum Gasteiger partial charge on any atom is 0.263 e. The molecule has 0 saturated heterocycles. The molecule has 0 radical (unpaired) electrons. The molecule has 0 unspecified atom stereocenters. The highest BCUT2D eigenvalue weighted by atomic mass is 32.2. The molecule has 1 N–H and O–H groups in total. The standard InChI is InChI=1S/C14H11F2N3O3S2/c1-7-13(6-12(23-7)14-17-8(2)22-18-14)24(20,21)19-11-5-9(15)3-4-10(11)16/h3-6,19H,1-2H3. The zero-order valence-electron chi connectivity index (χ0n) is 12.5. The zero-order chi connectivity index (χ0) is 17.5. The minimum atomic E-state index is -4.10. The van der Waals surface area contributed by atoms with Gasteiger partial charge in [-0.05, 0) is 25.1 Å². The average molecular weight is 371 g/mol. The second-order valence-electron chi connectivity index (χ2n) is 4.90. The molecule has 0 amide bonds. The van der Waals surface area contributed by atoms with Crippen molar-refractivity contribution in [2.45, 2.75) is 18.7 Å². The van der Waals surface area contributed by atoms with Crippen LogP contribution in [0.25, 0.3) is 10.7 Å². The fraction of sp³-hybridized carbons (Fsp3) is 0.143. The third kappa shape index (κ3) is 3.15. The lowest BCUT2D eigenvalue weighted by Gasteiger charge is -2.08. The first-order valence-electron chi connectivity index (χ1n) is 6.65. The summed E-state index contributed by atoms with van der Waals surface area (Å²) in [6.07, 6.45) is 0. The first kappa shape index (κ1) is 16.5. The van der Waals surface area contributed by atoms with Crippen LogP contribution >= 0.6 is 11.3 Å². The van der Waals surface area contributed by atoms with Crippen LogP contribution in [-0.4, -0.2) is 18.6 Å². The van der Waals surface area contributed by atoms with E-state index in [0.717, 1.165) is 29.5 Å². The average Bonchev–Trinajstić information content (AvgIpc) is 3.09. The van der Waals surface area contributed by atoms with E-state index < -0.39 is 27.3 Å². The van der Waals surface area contributed by atoms with Crippen molar-refractivity contribution >= 4 is 27.0 Å². The number of benzene rings is 1. The van der Waals surface area contributed by atoms with Gasteiger partial charge in [-0.25, -0.2) is 17.2 Å². The number of sulfonamides is 1. The molecule has 24 heavy (non-hydrogen) atoms. The summed E-state index contributed by atoms with van der Waals surface area (Å²) in [5, 5.41) is 3.73. The largest absolute Gasteiger partial charge is 0.339 e. The monoisotopic (exact) mass is 371 g/mol. The Bertz CT molecular complexity index is 1010. The van der Waals surface area contributed by atoms with Gasteiger partial charge >= 0.3 is 0 Å². The summed E-state index contributed by atoms with van der Waals surface area (Å²) in [7, 11) is -4.10. The Balaban J connectivity index is 1.98. The molecule has 126 valence electrons. The third-order valence-corrected chi connectivity index (χ3v) is 5.75. The van der Waals surface area contributed by atoms with Crippen LogP contribution in [0.5, 0.6) is 0 Å². The summed E-state index contributed by atoms with van der Waals surface area (Å²) in [6.45, 7) is 3.21. The maximum atomic E-state index is 13.7. The Morgan fingerprint density at radius 1 is 1.21 bits per heavy atom. The fourth-order valence-electron chi connectivity index (χ4n) is 2.02. The van der Waals surface area contributed by atoms with Crippen LogP contribution < -0.4 is 4.72 Å². The predicted molar refractivity (Wildman–Crippen MR) is 84.3 cm³/mol. The van der Waals surface area contributed by atoms with Gasteiger partial charge in [0, 0.05) is 17.9 Å². The molecule has 6 nitrogen and oxygen atoms in total. The number of nitrogens with zero attached hydrogens (tertiary/aromatic N) is 2. The van der Waals surface area contributed by atoms with Crippen molar-refractivity contribution in [2.24, 2.45) is 0 Å². The molecule has 0 aliphatic carbocycles. The highest BCUT2D eigenvalue weighted by Crippen LogP contribution is 2.33. The van der Waals surface area contributed by atoms with Crippen LogP contribution in [0.3, 0.4) is 0 Å². The smallest absolute Gasteiger partial charge is 0.263 e. The van der Waals surface area contributed by atoms with Gasteiger partial charge in [-0.15, -0.1) is 11.3 Å². The zero-order valence-corrected chi connectivity index (χ0v) is 14.1. The van der Waals surface area contributed by atoms with E-state index in [-0.39, 0.29) is 10.7 Å². The lowest BCUT2D eigenvalue weighted by Crippen LogP contribution is -2.14. The van der Waals surface area contributed by atoms with Gasteiger partial charge in [0.25, 0.3) is 10.0 Å². The molecule has 0 atom stereocenters. The number of hydrogen-bond acceptors (Lipinski definition) is 6. The van der Waals surface area contributed by atoms with Crippen molar-refractivity contribution in [3.8, 4) is 10.7 Å². The van der Waals surface area contributed by atoms with Gasteiger partial charge in [0.05, 0.1) is 10.6 Å². The fourth-order valence-corrected chi connectivity index (χ4v) is 4.59. The van der Waals surface area contributed by atoms with Gasteiger partial charge in [0.1, 0.15) is 16.5 Å². The van der Waals surface area contributed by atoms with E-state index in [1.807, 2.05) is 0 Å². The predicted octanol–water partition coefficient (Wildman–Crippen LogP) is 3.49. The Hall–Kier alpha value is -2.33. The number of hydrogen-bond donors (Lipinski definition) is 1. The molecule has 3 rings (SSSR count). The van der Waals surface area contributed by atoms with Crippen molar-refractivity contribution in [2.75, 3.05) is 4.72 Å². The number of aromatic nitrogens is 2. The van der Waals surface area contributed by atoms with Gasteiger partial charge in [-0.2, -0.15) is 4.98 Å². The lowest BCUT2D eigenvalue weighted by molar-refractivity contribution is 0.394. The second kappa shape index (κ2) is 5.95. The van der Waals surface area contributed by atoms with E-state index in [0.29, 0.717) is 15.6 Å². The molecule has 0 aliphatic heterocycles. The summed E-state index contributed by atoms with van der Waals surface area (Å²) in [4.78, 5) is 4.92. The van der Waals surface area contributed by atoms with Crippen molar-refractivity contribution in [1.82, 2.24) is 10.1 Å². The molecule has 0 fully saturated rings. The minimum Gasteiger partial charge on any atom is -0.339 e. The summed E-state index contributed by atoms with van der Waals surface area (Å²) >= 11 is 1.15. The van der Waals surface area contributed by atoms with Crippen molar-refractivity contribution in [3.05, 3.63) is 46.7 Å². The van der Waals surface area contributed by atoms with Gasteiger partial charge in [0.15, 0.2) is 0 Å². The maximum absolute atomic E-state index is 13.7. The SMILES string of the molecule is Cc1nc(-c2cc(S(=O)(=O)Nc3cc(F)ccc3F)c(C)s2)no1. The Kier molecular flexibility index (Phi) is 4.10. The van der Waals surface area contributed by atoms with Crippen molar-refractivity contribution in [1.29, 1.82) is 0 Å². The van der Waals surface area contributed by atoms with Crippen LogP contribution in [-0.2, 0) is 10.0 Å². The summed E-state index contributed by atoms with van der Waals surface area (Å²) < 4.78 is 58.7. The Labute approximate surface area is 140 Å². The molecule has 0 spiro atoms. The van der Waals surface area contributed by atoms with Gasteiger partial charge in [0.2, 0.25) is 11.7 Å². The van der Waals surface area contributed by atoms with Crippen molar-refractivity contribution in [3.63, 3.8) is 0 Å². The molecule has 2 heterocycles. The summed E-state index contributed by atoms with van der Waals surface area (Å²) in [6, 6.07) is 3.89. The van der Waals surface area contributed by atoms with E-state index in [1.54, 1.807) is 13.8 Å². The molecule has 10 heteroatoms. The van der Waals surface area contributed by atoms with Crippen LogP contribution in [0.1, 0.15) is 10.8 Å². The van der Waals surface area contributed by atoms with Gasteiger partial charge in [-0.3, -0.25) is 4.72 Å². The van der Waals surface area contributed by atoms with Gasteiger partial charge < -0.3 is 4.52 Å². The quantitative estimate of drug-likeness (QED) is 0.759. The van der Waals surface area contributed by atoms with E-state index in [2.05, 4.69) is 14.9 Å². The first-order valence-corrected chi connectivity index (χ1v) is 8.95. The van der Waals surface area contributed by atoms with E-state index in [9.17, 15) is 17.2 Å². The van der Waals surface area contributed by atoms with Crippen LogP contribution in [0.2, 0.25) is 0 Å². The molecule has 0 aliphatic rings. The summed E-state index contributed by atoms with van der Waals surface area (Å²) in [5.41, 5.74) is -0.461. The molecule has 2 aromatic heterocycles. The number of thiophene rings is 1. The number of aryl methyl sites for hydroxylation is 2.